The maximum Gasteiger partial charge on any atom is 0.0162 e. The Morgan fingerprint density at radius 3 is 2.36 bits per heavy atom. The summed E-state index contributed by atoms with van der Waals surface area (Å²) >= 11 is 0. The van der Waals surface area contributed by atoms with Crippen LogP contribution in [0.15, 0.2) is 0 Å². The highest BCUT2D eigenvalue weighted by Gasteiger charge is 2.26. The molecule has 0 bridgehead atoms. The van der Waals surface area contributed by atoms with E-state index in [9.17, 15) is 0 Å². The van der Waals surface area contributed by atoms with Crippen LogP contribution < -0.4 is 5.73 Å². The molecule has 1 rings (SSSR count). The second-order valence-corrected chi connectivity index (χ2v) is 5.38. The third-order valence-corrected chi connectivity index (χ3v) is 3.80. The normalized spacial score (nSPS) is 19.5. The first-order valence-electron chi connectivity index (χ1n) is 5.97. The fourth-order valence-electron chi connectivity index (χ4n) is 2.37. The molecule has 0 aromatic heterocycles. The van der Waals surface area contributed by atoms with Crippen molar-refractivity contribution in [3.8, 4) is 0 Å². The summed E-state index contributed by atoms with van der Waals surface area (Å²) in [5, 5.41) is 0. The number of hydrogen-bond donors (Lipinski definition) is 1. The molecule has 0 spiro atoms. The average Bonchev–Trinajstić information content (AvgIpc) is 2.56. The van der Waals surface area contributed by atoms with Gasteiger partial charge in [0.2, 0.25) is 0 Å². The van der Waals surface area contributed by atoms with E-state index in [1.807, 2.05) is 0 Å². The van der Waals surface area contributed by atoms with Gasteiger partial charge < -0.3 is 10.6 Å². The Balaban J connectivity index is 2.35. The van der Waals surface area contributed by atoms with E-state index in [2.05, 4.69) is 25.8 Å². The molecule has 84 valence electrons. The van der Waals surface area contributed by atoms with Crippen molar-refractivity contribution < 1.29 is 0 Å². The van der Waals surface area contributed by atoms with E-state index >= 15 is 0 Å². The minimum absolute atomic E-state index is 0.275. The third-order valence-electron chi connectivity index (χ3n) is 3.80. The van der Waals surface area contributed by atoms with Crippen LogP contribution in [0.4, 0.5) is 0 Å². The molecule has 0 amide bonds. The lowest BCUT2D eigenvalue weighted by Crippen LogP contribution is -2.44. The zero-order valence-electron chi connectivity index (χ0n) is 10.1. The summed E-state index contributed by atoms with van der Waals surface area (Å²) in [5.74, 6) is 0.942. The molecule has 0 radical (unpaired) electrons. The van der Waals surface area contributed by atoms with Crippen molar-refractivity contribution in [2.45, 2.75) is 51.5 Å². The van der Waals surface area contributed by atoms with Gasteiger partial charge in [-0.25, -0.2) is 0 Å². The highest BCUT2D eigenvalue weighted by Crippen LogP contribution is 2.27. The molecule has 0 heterocycles. The van der Waals surface area contributed by atoms with Crippen molar-refractivity contribution in [1.82, 2.24) is 4.90 Å². The predicted octanol–water partition coefficient (Wildman–Crippen LogP) is 2.24. The molecular weight excluding hydrogens is 172 g/mol. The maximum atomic E-state index is 5.63. The molecular formula is C12H26N2. The van der Waals surface area contributed by atoms with Gasteiger partial charge in [-0.1, -0.05) is 12.8 Å². The summed E-state index contributed by atoms with van der Waals surface area (Å²) in [6.45, 7) is 6.65. The van der Waals surface area contributed by atoms with Gasteiger partial charge in [0.05, 0.1) is 0 Å². The summed E-state index contributed by atoms with van der Waals surface area (Å²) in [6, 6.07) is 0. The molecule has 0 aliphatic heterocycles. The molecule has 1 fully saturated rings. The first-order chi connectivity index (χ1) is 6.56. The van der Waals surface area contributed by atoms with Crippen molar-refractivity contribution in [2.24, 2.45) is 11.7 Å². The van der Waals surface area contributed by atoms with Gasteiger partial charge in [0.25, 0.3) is 0 Å². The summed E-state index contributed by atoms with van der Waals surface area (Å²) in [6.07, 6.45) is 6.84. The number of nitrogens with two attached hydrogens (primary N) is 1. The minimum Gasteiger partial charge on any atom is -0.330 e. The predicted molar refractivity (Wildman–Crippen MR) is 62.3 cm³/mol. The van der Waals surface area contributed by atoms with Gasteiger partial charge in [-0.3, -0.25) is 0 Å². The lowest BCUT2D eigenvalue weighted by atomic mass is 9.96. The van der Waals surface area contributed by atoms with Crippen LogP contribution in [0.25, 0.3) is 0 Å². The van der Waals surface area contributed by atoms with Crippen molar-refractivity contribution in [3.63, 3.8) is 0 Å². The molecule has 2 nitrogen and oxygen atoms in total. The van der Waals surface area contributed by atoms with Crippen LogP contribution in [0.5, 0.6) is 0 Å². The van der Waals surface area contributed by atoms with E-state index in [1.54, 1.807) is 0 Å². The number of rotatable bonds is 5. The van der Waals surface area contributed by atoms with Crippen molar-refractivity contribution >= 4 is 0 Å². The van der Waals surface area contributed by atoms with E-state index in [0.29, 0.717) is 0 Å². The Kier molecular flexibility index (Phi) is 4.39. The quantitative estimate of drug-likeness (QED) is 0.734. The lowest BCUT2D eigenvalue weighted by Gasteiger charge is -2.37. The van der Waals surface area contributed by atoms with Gasteiger partial charge in [-0.2, -0.15) is 0 Å². The average molecular weight is 198 g/mol. The lowest BCUT2D eigenvalue weighted by molar-refractivity contribution is 0.126. The molecule has 0 unspecified atom stereocenters. The monoisotopic (exact) mass is 198 g/mol. The van der Waals surface area contributed by atoms with E-state index in [1.165, 1.54) is 32.2 Å². The van der Waals surface area contributed by atoms with E-state index in [4.69, 9.17) is 5.73 Å². The van der Waals surface area contributed by atoms with Crippen LogP contribution in [-0.2, 0) is 0 Å². The van der Waals surface area contributed by atoms with Gasteiger partial charge in [-0.05, 0) is 52.6 Å². The fraction of sp³-hybridized carbons (Fsp3) is 1.00. The van der Waals surface area contributed by atoms with Gasteiger partial charge in [-0.15, -0.1) is 0 Å². The topological polar surface area (TPSA) is 29.3 Å². The number of hydrogen-bond acceptors (Lipinski definition) is 2. The Morgan fingerprint density at radius 2 is 1.86 bits per heavy atom. The third kappa shape index (κ3) is 3.25. The molecule has 0 atom stereocenters. The molecule has 1 aliphatic rings. The van der Waals surface area contributed by atoms with E-state index < -0.39 is 0 Å². The zero-order chi connectivity index (χ0) is 10.6. The molecule has 1 saturated carbocycles. The molecule has 14 heavy (non-hydrogen) atoms. The Hall–Kier alpha value is -0.0800. The molecule has 2 N–H and O–H groups in total. The number of nitrogens with zero attached hydrogens (tertiary/aromatic N) is 1. The van der Waals surface area contributed by atoms with Gasteiger partial charge >= 0.3 is 0 Å². The van der Waals surface area contributed by atoms with Crippen LogP contribution in [0, 0.1) is 5.92 Å². The maximum absolute atomic E-state index is 5.63. The van der Waals surface area contributed by atoms with E-state index in [-0.39, 0.29) is 5.54 Å². The summed E-state index contributed by atoms with van der Waals surface area (Å²) in [5.41, 5.74) is 5.91. The SMILES string of the molecule is CN(CC1CCCC1)C(C)(C)CCN. The van der Waals surface area contributed by atoms with Gasteiger partial charge in [0.1, 0.15) is 0 Å². The molecule has 0 aromatic rings. The molecule has 0 saturated heterocycles. The van der Waals surface area contributed by atoms with Crippen LogP contribution in [-0.4, -0.2) is 30.6 Å². The largest absolute Gasteiger partial charge is 0.330 e. The first kappa shape index (κ1) is 12.0. The standard InChI is InChI=1S/C12H26N2/c1-12(2,8-9-13)14(3)10-11-6-4-5-7-11/h11H,4-10,13H2,1-3H3. The van der Waals surface area contributed by atoms with Crippen LogP contribution >= 0.6 is 0 Å². The second-order valence-electron chi connectivity index (χ2n) is 5.38. The zero-order valence-corrected chi connectivity index (χ0v) is 10.1. The van der Waals surface area contributed by atoms with Crippen LogP contribution in [0.1, 0.15) is 46.0 Å². The second kappa shape index (κ2) is 5.13. The van der Waals surface area contributed by atoms with Crippen LogP contribution in [0.3, 0.4) is 0 Å². The summed E-state index contributed by atoms with van der Waals surface area (Å²) in [7, 11) is 2.24. The fourth-order valence-corrected chi connectivity index (χ4v) is 2.37. The van der Waals surface area contributed by atoms with E-state index in [0.717, 1.165) is 18.9 Å². The molecule has 0 aromatic carbocycles. The van der Waals surface area contributed by atoms with Crippen molar-refractivity contribution in [1.29, 1.82) is 0 Å². The van der Waals surface area contributed by atoms with Gasteiger partial charge in [0, 0.05) is 12.1 Å². The smallest absolute Gasteiger partial charge is 0.0162 e. The van der Waals surface area contributed by atoms with Crippen molar-refractivity contribution in [3.05, 3.63) is 0 Å². The van der Waals surface area contributed by atoms with Crippen molar-refractivity contribution in [2.75, 3.05) is 20.1 Å². The molecule has 2 heteroatoms. The highest BCUT2D eigenvalue weighted by molar-refractivity contribution is 4.82. The Morgan fingerprint density at radius 1 is 1.29 bits per heavy atom. The first-order valence-corrected chi connectivity index (χ1v) is 5.97. The highest BCUT2D eigenvalue weighted by atomic mass is 15.2. The van der Waals surface area contributed by atoms with Crippen LogP contribution in [0.2, 0.25) is 0 Å². The minimum atomic E-state index is 0.275. The molecule has 1 aliphatic carbocycles. The Bertz CT molecular complexity index is 160. The summed E-state index contributed by atoms with van der Waals surface area (Å²) in [4.78, 5) is 2.50. The summed E-state index contributed by atoms with van der Waals surface area (Å²) < 4.78 is 0. The van der Waals surface area contributed by atoms with Gasteiger partial charge in [0.15, 0.2) is 0 Å². The Labute approximate surface area is 88.8 Å².